The van der Waals surface area contributed by atoms with Gasteiger partial charge in [0.15, 0.2) is 0 Å². The average Bonchev–Trinajstić information content (AvgIpc) is 3.11. The molecule has 0 unspecified atom stereocenters. The summed E-state index contributed by atoms with van der Waals surface area (Å²) in [7, 11) is -7.87. The number of rotatable bonds is 6. The summed E-state index contributed by atoms with van der Waals surface area (Å²) in [6.45, 7) is 0. The number of benzene rings is 4. The topological polar surface area (TPSA) is 269 Å². The van der Waals surface area contributed by atoms with Crippen LogP contribution in [0.25, 0.3) is 0 Å². The molecule has 0 spiro atoms. The molecule has 0 atom stereocenters. The van der Waals surface area contributed by atoms with Crippen molar-refractivity contribution in [1.29, 1.82) is 0 Å². The normalized spacial score (nSPS) is 10.8. The van der Waals surface area contributed by atoms with Crippen molar-refractivity contribution in [3.8, 4) is 0 Å². The van der Waals surface area contributed by atoms with Crippen molar-refractivity contribution in [3.05, 3.63) is 120 Å². The van der Waals surface area contributed by atoms with Gasteiger partial charge in [0, 0.05) is 0 Å². The molecule has 0 bridgehead atoms. The van der Waals surface area contributed by atoms with Crippen molar-refractivity contribution in [2.24, 2.45) is 0 Å². The standard InChI is InChI=1S/C32H18O19S2/c33-25(19-11-15-23(16-12-19)52(41,42)21-7-3-1-4-8-21)45-27(35)47-29(37)49-31(39)51-32(40)50-30(38)48-28(36)46-26(34)20-13-17-24(18-14-20)53(43,44)22-9-5-2-6-10-22/h1-18H. The van der Waals surface area contributed by atoms with Crippen molar-refractivity contribution in [2.45, 2.75) is 19.6 Å². The van der Waals surface area contributed by atoms with Crippen LogP contribution in [-0.2, 0) is 52.8 Å². The zero-order valence-electron chi connectivity index (χ0n) is 26.0. The lowest BCUT2D eigenvalue weighted by Gasteiger charge is -2.06. The first kappa shape index (κ1) is 38.5. The van der Waals surface area contributed by atoms with Crippen molar-refractivity contribution in [1.82, 2.24) is 0 Å². The Balaban J connectivity index is 1.17. The number of hydrogen-bond donors (Lipinski definition) is 0. The van der Waals surface area contributed by atoms with Gasteiger partial charge < -0.3 is 33.2 Å². The van der Waals surface area contributed by atoms with E-state index < -0.39 is 68.5 Å². The lowest BCUT2D eigenvalue weighted by molar-refractivity contribution is 0.0217. The molecule has 272 valence electrons. The molecule has 0 fully saturated rings. The lowest BCUT2D eigenvalue weighted by Crippen LogP contribution is -2.25. The minimum Gasteiger partial charge on any atom is -0.356 e. The van der Waals surface area contributed by atoms with E-state index in [1.54, 1.807) is 12.1 Å². The third kappa shape index (κ3) is 10.4. The Morgan fingerprint density at radius 1 is 0.302 bits per heavy atom. The van der Waals surface area contributed by atoms with Crippen LogP contribution in [0, 0.1) is 0 Å². The van der Waals surface area contributed by atoms with Gasteiger partial charge in [0.05, 0.1) is 30.7 Å². The van der Waals surface area contributed by atoms with Crippen LogP contribution in [0.2, 0.25) is 0 Å². The van der Waals surface area contributed by atoms with Gasteiger partial charge in [0.1, 0.15) is 0 Å². The number of hydrogen-bond acceptors (Lipinski definition) is 19. The van der Waals surface area contributed by atoms with Gasteiger partial charge in [0.2, 0.25) is 19.7 Å². The Labute approximate surface area is 296 Å². The van der Waals surface area contributed by atoms with Crippen molar-refractivity contribution in [2.75, 3.05) is 0 Å². The fourth-order valence-electron chi connectivity index (χ4n) is 3.75. The zero-order valence-corrected chi connectivity index (χ0v) is 27.6. The predicted molar refractivity (Wildman–Crippen MR) is 165 cm³/mol. The van der Waals surface area contributed by atoms with E-state index in [-0.39, 0.29) is 30.7 Å². The smallest absolute Gasteiger partial charge is 0.356 e. The van der Waals surface area contributed by atoms with E-state index in [0.717, 1.165) is 48.5 Å². The number of carbonyl (C=O) groups is 8. The molecule has 21 heteroatoms. The average molecular weight is 771 g/mol. The lowest BCUT2D eigenvalue weighted by atomic mass is 10.2. The molecule has 53 heavy (non-hydrogen) atoms. The van der Waals surface area contributed by atoms with Crippen molar-refractivity contribution < 1.29 is 88.3 Å². The molecule has 0 amide bonds. The highest BCUT2D eigenvalue weighted by atomic mass is 32.2. The minimum absolute atomic E-state index is 0.0279. The molecular formula is C32H18O19S2. The van der Waals surface area contributed by atoms with E-state index in [4.69, 9.17) is 0 Å². The minimum atomic E-state index is -3.93. The highest BCUT2D eigenvalue weighted by molar-refractivity contribution is 7.91. The molecule has 0 aromatic heterocycles. The molecule has 19 nitrogen and oxygen atoms in total. The second kappa shape index (κ2) is 16.6. The van der Waals surface area contributed by atoms with Crippen molar-refractivity contribution >= 4 is 68.5 Å². The zero-order chi connectivity index (χ0) is 38.8. The fourth-order valence-corrected chi connectivity index (χ4v) is 6.31. The molecule has 0 saturated heterocycles. The Kier molecular flexibility index (Phi) is 12.1. The van der Waals surface area contributed by atoms with E-state index in [0.29, 0.717) is 0 Å². The fraction of sp³-hybridized carbons (Fsp3) is 0. The van der Waals surface area contributed by atoms with E-state index in [2.05, 4.69) is 33.2 Å². The molecule has 0 aliphatic rings. The van der Waals surface area contributed by atoms with E-state index >= 15 is 0 Å². The summed E-state index contributed by atoms with van der Waals surface area (Å²) in [6, 6.07) is 22.7. The molecule has 0 aliphatic heterocycles. The second-order valence-electron chi connectivity index (χ2n) is 9.47. The third-order valence-electron chi connectivity index (χ3n) is 6.09. The predicted octanol–water partition coefficient (Wildman–Crippen LogP) is 5.17. The molecule has 0 saturated carbocycles. The molecule has 0 heterocycles. The summed E-state index contributed by atoms with van der Waals surface area (Å²) in [5, 5.41) is 0. The van der Waals surface area contributed by atoms with Crippen LogP contribution >= 0.6 is 0 Å². The number of esters is 2. The van der Waals surface area contributed by atoms with Crippen LogP contribution in [0.15, 0.2) is 129 Å². The Morgan fingerprint density at radius 2 is 0.528 bits per heavy atom. The van der Waals surface area contributed by atoms with E-state index in [1.807, 2.05) is 0 Å². The second-order valence-corrected chi connectivity index (χ2v) is 13.4. The Morgan fingerprint density at radius 3 is 0.792 bits per heavy atom. The molecule has 4 aromatic carbocycles. The molecule has 0 aliphatic carbocycles. The summed E-state index contributed by atoms with van der Waals surface area (Å²) in [6.07, 6.45) is -13.0. The highest BCUT2D eigenvalue weighted by Crippen LogP contribution is 2.22. The molecule has 4 rings (SSSR count). The maximum Gasteiger partial charge on any atom is 0.528 e. The number of carbonyl (C=O) groups excluding carboxylic acids is 8. The van der Waals surface area contributed by atoms with Gasteiger partial charge in [-0.2, -0.15) is 0 Å². The number of ether oxygens (including phenoxy) is 7. The molecule has 4 aromatic rings. The Bertz CT molecular complexity index is 2140. The van der Waals surface area contributed by atoms with Crippen LogP contribution in [0.3, 0.4) is 0 Å². The first-order chi connectivity index (χ1) is 25.1. The summed E-state index contributed by atoms with van der Waals surface area (Å²) >= 11 is 0. The largest absolute Gasteiger partial charge is 0.528 e. The highest BCUT2D eigenvalue weighted by Gasteiger charge is 2.27. The van der Waals surface area contributed by atoms with Crippen molar-refractivity contribution in [3.63, 3.8) is 0 Å². The number of sulfone groups is 2. The van der Waals surface area contributed by atoms with Crippen LogP contribution in [0.4, 0.5) is 28.8 Å². The monoisotopic (exact) mass is 770 g/mol. The molecule has 0 radical (unpaired) electrons. The van der Waals surface area contributed by atoms with Gasteiger partial charge >= 0.3 is 48.9 Å². The van der Waals surface area contributed by atoms with Gasteiger partial charge in [-0.3, -0.25) is 0 Å². The molecule has 0 N–H and O–H groups in total. The van der Waals surface area contributed by atoms with Gasteiger partial charge in [-0.05, 0) is 72.8 Å². The maximum absolute atomic E-state index is 12.6. The third-order valence-corrected chi connectivity index (χ3v) is 9.66. The summed E-state index contributed by atoms with van der Waals surface area (Å²) in [4.78, 5) is 93.5. The summed E-state index contributed by atoms with van der Waals surface area (Å²) < 4.78 is 78.0. The first-order valence-electron chi connectivity index (χ1n) is 13.9. The van der Waals surface area contributed by atoms with Gasteiger partial charge in [-0.1, -0.05) is 36.4 Å². The van der Waals surface area contributed by atoms with Crippen LogP contribution in [0.1, 0.15) is 20.7 Å². The Hall–Kier alpha value is -7.26. The van der Waals surface area contributed by atoms with Crippen LogP contribution < -0.4 is 0 Å². The summed E-state index contributed by atoms with van der Waals surface area (Å²) in [5.74, 6) is -2.85. The van der Waals surface area contributed by atoms with Gasteiger partial charge in [-0.15, -0.1) is 0 Å². The SMILES string of the molecule is O=C(OC(=O)OC(=O)OC(=O)OC(=O)c1ccc(S(=O)(=O)c2ccccc2)cc1)OC(=O)OC(=O)OC(=O)c1ccc(S(=O)(=O)c2ccccc2)cc1. The summed E-state index contributed by atoms with van der Waals surface area (Å²) in [5.41, 5.74) is -0.731. The van der Waals surface area contributed by atoms with Gasteiger partial charge in [-0.25, -0.2) is 55.2 Å². The first-order valence-corrected chi connectivity index (χ1v) is 16.9. The quantitative estimate of drug-likeness (QED) is 0.139. The molecular weight excluding hydrogens is 752 g/mol. The van der Waals surface area contributed by atoms with E-state index in [1.165, 1.54) is 48.5 Å². The van der Waals surface area contributed by atoms with E-state index in [9.17, 15) is 55.2 Å². The van der Waals surface area contributed by atoms with Crippen LogP contribution in [0.5, 0.6) is 0 Å². The van der Waals surface area contributed by atoms with Crippen LogP contribution in [-0.4, -0.2) is 65.7 Å². The maximum atomic E-state index is 12.6. The van der Waals surface area contributed by atoms with Gasteiger partial charge in [0.25, 0.3) is 0 Å².